The fourth-order valence-corrected chi connectivity index (χ4v) is 10.2. The van der Waals surface area contributed by atoms with Gasteiger partial charge in [0.1, 0.15) is 23.9 Å². The van der Waals surface area contributed by atoms with E-state index in [2.05, 4.69) is 25.2 Å². The van der Waals surface area contributed by atoms with Crippen molar-refractivity contribution in [3.8, 4) is 11.1 Å². The van der Waals surface area contributed by atoms with Gasteiger partial charge >= 0.3 is 6.18 Å². The maximum atomic E-state index is 15.7. The van der Waals surface area contributed by atoms with E-state index in [0.29, 0.717) is 42.6 Å². The Morgan fingerprint density at radius 2 is 1.77 bits per heavy atom. The molecular formula is C38H34F7N9O4S2. The summed E-state index contributed by atoms with van der Waals surface area (Å²) >= 11 is 1.24. The highest BCUT2D eigenvalue weighted by atomic mass is 32.2. The number of nitrogens with zero attached hydrogens (tertiary/aromatic N) is 7. The molecule has 1 saturated carbocycles. The van der Waals surface area contributed by atoms with Crippen LogP contribution in [0.25, 0.3) is 32.4 Å². The quantitative estimate of drug-likeness (QED) is 0.133. The van der Waals surface area contributed by atoms with Crippen LogP contribution in [-0.2, 0) is 46.9 Å². The summed E-state index contributed by atoms with van der Waals surface area (Å²) in [6.45, 7) is 1.15. The lowest BCUT2D eigenvalue weighted by atomic mass is 9.73. The molecule has 60 heavy (non-hydrogen) atoms. The van der Waals surface area contributed by atoms with E-state index in [4.69, 9.17) is 4.98 Å². The molecule has 1 saturated heterocycles. The molecule has 6 aromatic rings. The van der Waals surface area contributed by atoms with Crippen molar-refractivity contribution in [2.24, 2.45) is 13.0 Å². The average molecular weight is 878 g/mol. The van der Waals surface area contributed by atoms with Crippen molar-refractivity contribution in [3.63, 3.8) is 0 Å². The van der Waals surface area contributed by atoms with Crippen molar-refractivity contribution in [2.45, 2.75) is 62.4 Å². The van der Waals surface area contributed by atoms with Crippen molar-refractivity contribution in [3.05, 3.63) is 82.3 Å². The van der Waals surface area contributed by atoms with E-state index in [1.165, 1.54) is 16.0 Å². The second-order valence-electron chi connectivity index (χ2n) is 15.9. The summed E-state index contributed by atoms with van der Waals surface area (Å²) in [5, 5.41) is 21.9. The summed E-state index contributed by atoms with van der Waals surface area (Å²) in [6.07, 6.45) is -4.36. The van der Waals surface area contributed by atoms with Gasteiger partial charge in [-0.1, -0.05) is 23.5 Å². The molecule has 1 amide bonds. The second-order valence-corrected chi connectivity index (χ2v) is 18.7. The molecule has 1 aliphatic heterocycles. The lowest BCUT2D eigenvalue weighted by Gasteiger charge is -2.43. The molecule has 5 heterocycles. The Hall–Kier alpha value is -5.35. The first-order chi connectivity index (χ1) is 28.1. The highest BCUT2D eigenvalue weighted by Gasteiger charge is 2.63. The Morgan fingerprint density at radius 1 is 1.05 bits per heavy atom. The number of benzene rings is 2. The third-order valence-electron chi connectivity index (χ3n) is 11.2. The molecule has 9 rings (SSSR count). The highest BCUT2D eigenvalue weighted by Crippen LogP contribution is 2.64. The molecule has 316 valence electrons. The normalized spacial score (nSPS) is 19.8. The fourth-order valence-electron chi connectivity index (χ4n) is 8.71. The number of pyridine rings is 1. The largest absolute Gasteiger partial charge is 0.435 e. The molecule has 13 nitrogen and oxygen atoms in total. The predicted molar refractivity (Wildman–Crippen MR) is 206 cm³/mol. The number of nitrogens with one attached hydrogen (secondary N) is 2. The lowest BCUT2D eigenvalue weighted by molar-refractivity contribution is -0.144. The molecule has 0 radical (unpaired) electrons. The van der Waals surface area contributed by atoms with Gasteiger partial charge in [0.05, 0.1) is 46.9 Å². The van der Waals surface area contributed by atoms with Gasteiger partial charge in [0, 0.05) is 41.1 Å². The van der Waals surface area contributed by atoms with Crippen LogP contribution in [0.3, 0.4) is 0 Å². The van der Waals surface area contributed by atoms with Crippen LogP contribution >= 0.6 is 11.3 Å². The molecule has 3 atom stereocenters. The third-order valence-corrected chi connectivity index (χ3v) is 12.8. The number of β-amino-alcohol motifs (C(OH)–C–C–N with tert-alkyl or cyclic N) is 1. The Kier molecular flexibility index (Phi) is 9.07. The number of halogens is 7. The van der Waals surface area contributed by atoms with Gasteiger partial charge < -0.3 is 15.3 Å². The Labute approximate surface area is 340 Å². The van der Waals surface area contributed by atoms with Crippen LogP contribution in [0.2, 0.25) is 0 Å². The zero-order valence-electron chi connectivity index (χ0n) is 31.8. The van der Waals surface area contributed by atoms with E-state index >= 15 is 8.78 Å². The molecule has 3 N–H and O–H groups in total. The summed E-state index contributed by atoms with van der Waals surface area (Å²) in [4.78, 5) is 25.5. The maximum absolute atomic E-state index is 15.7. The molecule has 3 aliphatic rings. The fraction of sp³-hybridized carbons (Fsp3) is 0.395. The predicted octanol–water partition coefficient (Wildman–Crippen LogP) is 6.38. The first kappa shape index (κ1) is 40.1. The number of amides is 1. The van der Waals surface area contributed by atoms with Gasteiger partial charge in [0.2, 0.25) is 15.9 Å². The maximum Gasteiger partial charge on any atom is 0.435 e. The minimum absolute atomic E-state index is 0.00364. The molecular weight excluding hydrogens is 844 g/mol. The molecule has 4 aromatic heterocycles. The molecule has 0 spiro atoms. The van der Waals surface area contributed by atoms with Crippen LogP contribution in [0.5, 0.6) is 0 Å². The number of alkyl halides is 5. The van der Waals surface area contributed by atoms with Crippen molar-refractivity contribution in [1.29, 1.82) is 0 Å². The van der Waals surface area contributed by atoms with Crippen molar-refractivity contribution in [2.75, 3.05) is 29.0 Å². The van der Waals surface area contributed by atoms with Gasteiger partial charge in [-0.25, -0.2) is 22.2 Å². The number of hydrogen-bond acceptors (Lipinski definition) is 10. The molecule has 22 heteroatoms. The minimum Gasteiger partial charge on any atom is -0.386 e. The molecule has 2 fully saturated rings. The standard InChI is InChI=1S/C38H34F7N9O4S2/c1-36(56)15-53(16-36)35-48-34-26(59-35)13-23(20-5-4-6-22-30(20)52(2)50-33(22)51-60(3,57)58)29(47-34)25(11-17-9-18(39)12-19(40)10-17)46-27(55)14-54-32-28(31(49-54)38(43,44)45)21-7-8-24(21)37(32,41)42/h4-6,9-10,12-13,21,24-25,56H,7-8,11,14-16H2,1-3H3,(H,46,55)(H,50,51)/t21-,24+,25-/m0/s1. The van der Waals surface area contributed by atoms with Crippen LogP contribution in [-0.4, -0.2) is 73.9 Å². The lowest BCUT2D eigenvalue weighted by Crippen LogP contribution is -2.60. The van der Waals surface area contributed by atoms with E-state index in [1.54, 1.807) is 38.2 Å². The van der Waals surface area contributed by atoms with Gasteiger partial charge in [-0.15, -0.1) is 0 Å². The number of carbonyl (C=O) groups is 1. The van der Waals surface area contributed by atoms with E-state index in [0.717, 1.165) is 18.4 Å². The Bertz CT molecular complexity index is 2850. The third kappa shape index (κ3) is 6.90. The zero-order valence-corrected chi connectivity index (χ0v) is 33.4. The number of thiazole rings is 1. The van der Waals surface area contributed by atoms with Crippen LogP contribution in [0.4, 0.5) is 41.7 Å². The number of carbonyl (C=O) groups excluding carboxylic acids is 1. The van der Waals surface area contributed by atoms with Crippen LogP contribution in [0.1, 0.15) is 59.9 Å². The van der Waals surface area contributed by atoms with Crippen molar-refractivity contribution >= 4 is 59.5 Å². The Balaban J connectivity index is 1.19. The summed E-state index contributed by atoms with van der Waals surface area (Å²) in [7, 11) is -2.22. The molecule has 0 bridgehead atoms. The molecule has 2 aromatic carbocycles. The smallest absolute Gasteiger partial charge is 0.386 e. The topological polar surface area (TPSA) is 160 Å². The number of aliphatic hydroxyl groups is 1. The average Bonchev–Trinajstić information content (AvgIpc) is 3.80. The van der Waals surface area contributed by atoms with Gasteiger partial charge in [-0.05, 0) is 61.9 Å². The van der Waals surface area contributed by atoms with Crippen LogP contribution in [0, 0.1) is 17.6 Å². The van der Waals surface area contributed by atoms with Gasteiger partial charge in [0.25, 0.3) is 5.92 Å². The number of aromatic nitrogens is 6. The van der Waals surface area contributed by atoms with Crippen LogP contribution < -0.4 is 14.9 Å². The van der Waals surface area contributed by atoms with Gasteiger partial charge in [-0.2, -0.15) is 37.1 Å². The number of fused-ring (bicyclic) bond motifs is 5. The SMILES string of the molecule is Cn1nc(NS(C)(=O)=O)c2cccc(-c3cc4sc(N5CC(C)(O)C5)nc4nc3[C@H](Cc3cc(F)cc(F)c3)NC(=O)Cn3nc(C(F)(F)F)c4c3C(F)(F)[C@@H]3CC[C@H]43)c21. The van der Waals surface area contributed by atoms with E-state index in [1.807, 2.05) is 4.90 Å². The van der Waals surface area contributed by atoms with E-state index in [-0.39, 0.29) is 55.1 Å². The zero-order chi connectivity index (χ0) is 42.8. The monoisotopic (exact) mass is 877 g/mol. The number of rotatable bonds is 10. The summed E-state index contributed by atoms with van der Waals surface area (Å²) in [5.74, 6) is -9.04. The first-order valence-corrected chi connectivity index (χ1v) is 21.3. The number of anilines is 2. The highest BCUT2D eigenvalue weighted by molar-refractivity contribution is 7.92. The van der Waals surface area contributed by atoms with Crippen molar-refractivity contribution in [1.82, 2.24) is 34.8 Å². The van der Waals surface area contributed by atoms with Gasteiger partial charge in [0.15, 0.2) is 22.3 Å². The first-order valence-electron chi connectivity index (χ1n) is 18.6. The Morgan fingerprint density at radius 3 is 2.40 bits per heavy atom. The number of aryl methyl sites for hydroxylation is 1. The summed E-state index contributed by atoms with van der Waals surface area (Å²) in [5.41, 5.74) is -2.61. The minimum atomic E-state index is -5.08. The molecule has 0 unspecified atom stereocenters. The summed E-state index contributed by atoms with van der Waals surface area (Å²) in [6, 6.07) is 7.99. The van der Waals surface area contributed by atoms with Crippen LogP contribution in [0.15, 0.2) is 42.5 Å². The van der Waals surface area contributed by atoms with E-state index < -0.39 is 86.6 Å². The van der Waals surface area contributed by atoms with Gasteiger partial charge in [-0.3, -0.25) is 18.9 Å². The number of sulfonamides is 1. The van der Waals surface area contributed by atoms with E-state index in [9.17, 15) is 40.3 Å². The second kappa shape index (κ2) is 13.6. The summed E-state index contributed by atoms with van der Waals surface area (Å²) < 4.78 is 133. The number of para-hydroxylation sites is 1. The molecule has 2 aliphatic carbocycles. The van der Waals surface area contributed by atoms with Crippen molar-refractivity contribution < 1.29 is 49.1 Å². The number of hydrogen-bond donors (Lipinski definition) is 3.